The number of hydrogen-bond donors (Lipinski definition) is 0. The Morgan fingerprint density at radius 1 is 1.17 bits per heavy atom. The fraction of sp³-hybridized carbons (Fsp3) is 0.471. The molecule has 1 aliphatic heterocycles. The molecule has 126 valence electrons. The summed E-state index contributed by atoms with van der Waals surface area (Å²) in [7, 11) is 1.86. The second kappa shape index (κ2) is 8.76. The lowest BCUT2D eigenvalue weighted by molar-refractivity contribution is -0.132. The Hall–Kier alpha value is -2.77. The highest BCUT2D eigenvalue weighted by molar-refractivity contribution is 5.78. The molecule has 1 aromatic carbocycles. The van der Waals surface area contributed by atoms with Gasteiger partial charge in [0.05, 0.1) is 31.5 Å². The van der Waals surface area contributed by atoms with E-state index in [0.29, 0.717) is 19.6 Å². The van der Waals surface area contributed by atoms with E-state index in [0.717, 1.165) is 17.1 Å². The third-order valence-electron chi connectivity index (χ3n) is 3.63. The van der Waals surface area contributed by atoms with E-state index in [1.54, 1.807) is 4.90 Å². The minimum absolute atomic E-state index is 0.0799. The van der Waals surface area contributed by atoms with Gasteiger partial charge in [-0.25, -0.2) is 0 Å². The number of fused-ring (bicyclic) bond motifs is 1. The molecule has 0 saturated heterocycles. The van der Waals surface area contributed by atoms with Gasteiger partial charge < -0.3 is 14.4 Å². The van der Waals surface area contributed by atoms with Crippen molar-refractivity contribution >= 4 is 5.91 Å². The first-order valence-corrected chi connectivity index (χ1v) is 7.72. The molecule has 1 aromatic rings. The van der Waals surface area contributed by atoms with E-state index in [4.69, 9.17) is 20.0 Å². The van der Waals surface area contributed by atoms with Crippen LogP contribution in [0, 0.1) is 22.7 Å². The van der Waals surface area contributed by atoms with Gasteiger partial charge in [0.25, 0.3) is 0 Å². The van der Waals surface area contributed by atoms with Crippen LogP contribution in [0.5, 0.6) is 11.5 Å². The first kappa shape index (κ1) is 17.6. The highest BCUT2D eigenvalue weighted by atomic mass is 16.7. The van der Waals surface area contributed by atoms with Crippen LogP contribution in [0.2, 0.25) is 0 Å². The zero-order chi connectivity index (χ0) is 17.4. The number of amides is 1. The van der Waals surface area contributed by atoms with E-state index in [9.17, 15) is 4.79 Å². The van der Waals surface area contributed by atoms with Crippen LogP contribution in [0.15, 0.2) is 18.2 Å². The van der Waals surface area contributed by atoms with Crippen molar-refractivity contribution < 1.29 is 14.3 Å². The molecule has 0 unspecified atom stereocenters. The zero-order valence-electron chi connectivity index (χ0n) is 13.7. The first-order valence-electron chi connectivity index (χ1n) is 7.72. The summed E-state index contributed by atoms with van der Waals surface area (Å²) in [5.41, 5.74) is 1.02. The second-order valence-corrected chi connectivity index (χ2v) is 5.56. The molecular weight excluding hydrogens is 308 g/mol. The minimum Gasteiger partial charge on any atom is -0.454 e. The molecule has 1 amide bonds. The Balaban J connectivity index is 1.89. The van der Waals surface area contributed by atoms with Crippen molar-refractivity contribution in [3.05, 3.63) is 23.8 Å². The molecule has 2 rings (SSSR count). The summed E-state index contributed by atoms with van der Waals surface area (Å²) in [6.07, 6.45) is 0.534. The van der Waals surface area contributed by atoms with Crippen LogP contribution in [0.25, 0.3) is 0 Å². The van der Waals surface area contributed by atoms with Crippen molar-refractivity contribution in [1.82, 2.24) is 9.80 Å². The quantitative estimate of drug-likeness (QED) is 0.718. The Bertz CT molecular complexity index is 645. The molecule has 0 radical (unpaired) electrons. The summed E-state index contributed by atoms with van der Waals surface area (Å²) in [5.74, 6) is 1.37. The molecule has 0 aliphatic carbocycles. The Morgan fingerprint density at radius 2 is 1.83 bits per heavy atom. The van der Waals surface area contributed by atoms with Gasteiger partial charge in [0, 0.05) is 19.6 Å². The van der Waals surface area contributed by atoms with Crippen LogP contribution in [0.3, 0.4) is 0 Å². The van der Waals surface area contributed by atoms with Gasteiger partial charge in [-0.05, 0) is 24.7 Å². The standard InChI is InChI=1S/C17H20N4O3/c1-20(11-14-4-5-15-16(10-14)24-13-23-15)12-17(22)21(8-2-6-18)9-3-7-19/h4-5,10H,2-3,8-9,11-13H2,1H3. The van der Waals surface area contributed by atoms with Crippen molar-refractivity contribution in [2.45, 2.75) is 19.4 Å². The zero-order valence-corrected chi connectivity index (χ0v) is 13.7. The molecule has 0 fully saturated rings. The summed E-state index contributed by atoms with van der Waals surface area (Å²) in [5, 5.41) is 17.4. The smallest absolute Gasteiger partial charge is 0.236 e. The molecular formula is C17H20N4O3. The predicted octanol–water partition coefficient (Wildman–Crippen LogP) is 1.50. The molecule has 1 aliphatic rings. The molecule has 1 heterocycles. The number of carbonyl (C=O) groups is 1. The van der Waals surface area contributed by atoms with E-state index in [-0.39, 0.29) is 32.1 Å². The topological polar surface area (TPSA) is 89.6 Å². The number of benzene rings is 1. The molecule has 0 bridgehead atoms. The average molecular weight is 328 g/mol. The molecule has 0 aromatic heterocycles. The van der Waals surface area contributed by atoms with Crippen LogP contribution in [0.1, 0.15) is 18.4 Å². The van der Waals surface area contributed by atoms with Crippen molar-refractivity contribution in [3.8, 4) is 23.6 Å². The fourth-order valence-electron chi connectivity index (χ4n) is 2.47. The number of nitriles is 2. The van der Waals surface area contributed by atoms with Gasteiger partial charge in [-0.1, -0.05) is 6.07 Å². The molecule has 0 spiro atoms. The van der Waals surface area contributed by atoms with Crippen molar-refractivity contribution in [3.63, 3.8) is 0 Å². The number of carbonyl (C=O) groups excluding carboxylic acids is 1. The van der Waals surface area contributed by atoms with Gasteiger partial charge in [-0.3, -0.25) is 9.69 Å². The van der Waals surface area contributed by atoms with Crippen molar-refractivity contribution in [2.75, 3.05) is 33.5 Å². The highest BCUT2D eigenvalue weighted by Gasteiger charge is 2.17. The maximum atomic E-state index is 12.4. The van der Waals surface area contributed by atoms with Gasteiger partial charge in [0.1, 0.15) is 0 Å². The molecule has 0 atom stereocenters. The fourth-order valence-corrected chi connectivity index (χ4v) is 2.47. The maximum Gasteiger partial charge on any atom is 0.236 e. The first-order chi connectivity index (χ1) is 11.6. The summed E-state index contributed by atoms with van der Waals surface area (Å²) in [4.78, 5) is 15.8. The average Bonchev–Trinajstić information content (AvgIpc) is 3.02. The molecule has 0 saturated carbocycles. The molecule has 0 N–H and O–H groups in total. The van der Waals surface area contributed by atoms with E-state index < -0.39 is 0 Å². The third-order valence-corrected chi connectivity index (χ3v) is 3.63. The molecule has 7 heteroatoms. The summed E-state index contributed by atoms with van der Waals surface area (Å²) < 4.78 is 10.6. The van der Waals surface area contributed by atoms with Crippen molar-refractivity contribution in [2.24, 2.45) is 0 Å². The normalized spacial score (nSPS) is 11.8. The van der Waals surface area contributed by atoms with Crippen LogP contribution in [-0.4, -0.2) is 49.2 Å². The van der Waals surface area contributed by atoms with Crippen LogP contribution in [-0.2, 0) is 11.3 Å². The van der Waals surface area contributed by atoms with Gasteiger partial charge >= 0.3 is 0 Å². The third kappa shape index (κ3) is 4.87. The lowest BCUT2D eigenvalue weighted by Crippen LogP contribution is -2.39. The minimum atomic E-state index is -0.0799. The van der Waals surface area contributed by atoms with Crippen LogP contribution >= 0.6 is 0 Å². The SMILES string of the molecule is CN(CC(=O)N(CCC#N)CCC#N)Cc1ccc2c(c1)OCO2. The van der Waals surface area contributed by atoms with E-state index >= 15 is 0 Å². The number of nitrogens with zero attached hydrogens (tertiary/aromatic N) is 4. The Kier molecular flexibility index (Phi) is 6.41. The largest absolute Gasteiger partial charge is 0.454 e. The van der Waals surface area contributed by atoms with Crippen LogP contribution < -0.4 is 9.47 Å². The van der Waals surface area contributed by atoms with E-state index in [1.165, 1.54) is 0 Å². The number of hydrogen-bond acceptors (Lipinski definition) is 6. The second-order valence-electron chi connectivity index (χ2n) is 5.56. The number of likely N-dealkylation sites (N-methyl/N-ethyl adjacent to an activating group) is 1. The summed E-state index contributed by atoms with van der Waals surface area (Å²) in [6.45, 7) is 1.77. The predicted molar refractivity (Wildman–Crippen MR) is 85.9 cm³/mol. The molecule has 7 nitrogen and oxygen atoms in total. The number of rotatable bonds is 8. The van der Waals surface area contributed by atoms with E-state index in [1.807, 2.05) is 42.3 Å². The highest BCUT2D eigenvalue weighted by Crippen LogP contribution is 2.32. The molecule has 24 heavy (non-hydrogen) atoms. The van der Waals surface area contributed by atoms with Gasteiger partial charge in [0.15, 0.2) is 11.5 Å². The summed E-state index contributed by atoms with van der Waals surface area (Å²) >= 11 is 0. The van der Waals surface area contributed by atoms with E-state index in [2.05, 4.69) is 0 Å². The Morgan fingerprint density at radius 3 is 2.50 bits per heavy atom. The summed E-state index contributed by atoms with van der Waals surface area (Å²) in [6, 6.07) is 9.77. The van der Waals surface area contributed by atoms with Gasteiger partial charge in [-0.15, -0.1) is 0 Å². The lowest BCUT2D eigenvalue weighted by Gasteiger charge is -2.24. The number of ether oxygens (including phenoxy) is 2. The lowest BCUT2D eigenvalue weighted by atomic mass is 10.2. The maximum absolute atomic E-state index is 12.4. The monoisotopic (exact) mass is 328 g/mol. The Labute approximate surface area is 141 Å². The van der Waals surface area contributed by atoms with Gasteiger partial charge in [-0.2, -0.15) is 10.5 Å². The van der Waals surface area contributed by atoms with Gasteiger partial charge in [0.2, 0.25) is 12.7 Å². The van der Waals surface area contributed by atoms with Crippen LogP contribution in [0.4, 0.5) is 0 Å². The van der Waals surface area contributed by atoms with Crippen molar-refractivity contribution in [1.29, 1.82) is 10.5 Å².